The molecule has 0 bridgehead atoms. The molecule has 1 aliphatic heterocycles. The maximum Gasteiger partial charge on any atom is 0.261 e. The molecule has 1 heterocycles. The van der Waals surface area contributed by atoms with E-state index < -0.39 is 0 Å². The number of nitrogens with one attached hydrogen (secondary N) is 1. The molecule has 0 saturated carbocycles. The van der Waals surface area contributed by atoms with Gasteiger partial charge in [0, 0.05) is 17.8 Å². The number of hydrogen-bond acceptors (Lipinski definition) is 3. The van der Waals surface area contributed by atoms with Gasteiger partial charge in [0.2, 0.25) is 0 Å². The van der Waals surface area contributed by atoms with Crippen LogP contribution in [0, 0.1) is 0 Å². The van der Waals surface area contributed by atoms with Crippen LogP contribution in [0.4, 0.5) is 5.69 Å². The molecular formula is C15H20N2O2. The van der Waals surface area contributed by atoms with Crippen molar-refractivity contribution in [3.63, 3.8) is 0 Å². The summed E-state index contributed by atoms with van der Waals surface area (Å²) in [6.45, 7) is 8.59. The summed E-state index contributed by atoms with van der Waals surface area (Å²) in [6.07, 6.45) is 0.776. The predicted molar refractivity (Wildman–Crippen MR) is 75.5 cm³/mol. The van der Waals surface area contributed by atoms with Crippen molar-refractivity contribution in [3.8, 4) is 0 Å². The maximum atomic E-state index is 12.2. The molecule has 1 aliphatic rings. The Bertz CT molecular complexity index is 529. The van der Waals surface area contributed by atoms with Crippen LogP contribution in [0.25, 0.3) is 0 Å². The average molecular weight is 260 g/mol. The zero-order chi connectivity index (χ0) is 14.2. The van der Waals surface area contributed by atoms with E-state index in [9.17, 15) is 9.59 Å². The number of fused-ring (bicyclic) bond motifs is 1. The molecule has 1 aromatic rings. The number of amides is 2. The van der Waals surface area contributed by atoms with E-state index in [2.05, 4.69) is 26.1 Å². The Morgan fingerprint density at radius 3 is 2.32 bits per heavy atom. The second-order valence-electron chi connectivity index (χ2n) is 5.90. The molecule has 0 unspecified atom stereocenters. The zero-order valence-electron chi connectivity index (χ0n) is 11.9. The van der Waals surface area contributed by atoms with Crippen molar-refractivity contribution in [2.24, 2.45) is 0 Å². The fourth-order valence-electron chi connectivity index (χ4n) is 2.23. The molecule has 1 N–H and O–H groups in total. The predicted octanol–water partition coefficient (Wildman–Crippen LogP) is 2.90. The monoisotopic (exact) mass is 260 g/mol. The Kier molecular flexibility index (Phi) is 3.35. The summed E-state index contributed by atoms with van der Waals surface area (Å²) in [4.78, 5) is 25.6. The number of carbonyl (C=O) groups excluding carboxylic acids is 2. The van der Waals surface area contributed by atoms with Gasteiger partial charge in [0.25, 0.3) is 11.8 Å². The van der Waals surface area contributed by atoms with Gasteiger partial charge in [-0.15, -0.1) is 0 Å². The quantitative estimate of drug-likeness (QED) is 0.850. The van der Waals surface area contributed by atoms with Crippen molar-refractivity contribution in [2.75, 3.05) is 11.9 Å². The first-order chi connectivity index (χ1) is 8.83. The summed E-state index contributed by atoms with van der Waals surface area (Å²) in [6, 6.07) is 5.36. The van der Waals surface area contributed by atoms with Gasteiger partial charge in [0.05, 0.1) is 11.1 Å². The molecule has 4 nitrogen and oxygen atoms in total. The van der Waals surface area contributed by atoms with Crippen LogP contribution in [-0.4, -0.2) is 28.8 Å². The average Bonchev–Trinajstić information content (AvgIpc) is 2.53. The standard InChI is InChI=1S/C15H20N2O2/c1-5-8-17-13(18)11-7-6-10(16-15(2,3)4)9-12(11)14(17)19/h6-7,9,16H,5,8H2,1-4H3. The summed E-state index contributed by atoms with van der Waals surface area (Å²) >= 11 is 0. The highest BCUT2D eigenvalue weighted by Crippen LogP contribution is 2.27. The smallest absolute Gasteiger partial charge is 0.261 e. The van der Waals surface area contributed by atoms with Gasteiger partial charge < -0.3 is 5.32 Å². The van der Waals surface area contributed by atoms with Gasteiger partial charge in [0.1, 0.15) is 0 Å². The van der Waals surface area contributed by atoms with Crippen LogP contribution in [0.3, 0.4) is 0 Å². The lowest BCUT2D eigenvalue weighted by molar-refractivity contribution is 0.0654. The fraction of sp³-hybridized carbons (Fsp3) is 0.467. The Morgan fingerprint density at radius 2 is 1.74 bits per heavy atom. The Balaban J connectivity index is 2.34. The van der Waals surface area contributed by atoms with Gasteiger partial charge in [-0.2, -0.15) is 0 Å². The van der Waals surface area contributed by atoms with Gasteiger partial charge in [-0.1, -0.05) is 6.92 Å². The first-order valence-corrected chi connectivity index (χ1v) is 6.62. The minimum absolute atomic E-state index is 0.0804. The SMILES string of the molecule is CCCN1C(=O)c2ccc(NC(C)(C)C)cc2C1=O. The Hall–Kier alpha value is -1.84. The van der Waals surface area contributed by atoms with E-state index in [4.69, 9.17) is 0 Å². The van der Waals surface area contributed by atoms with Crippen LogP contribution in [0.1, 0.15) is 54.8 Å². The zero-order valence-corrected chi connectivity index (χ0v) is 11.9. The third-order valence-electron chi connectivity index (χ3n) is 2.94. The second kappa shape index (κ2) is 4.68. The number of nitrogens with zero attached hydrogens (tertiary/aromatic N) is 1. The van der Waals surface area contributed by atoms with Crippen LogP contribution in [0.5, 0.6) is 0 Å². The molecule has 0 aromatic heterocycles. The fourth-order valence-corrected chi connectivity index (χ4v) is 2.23. The van der Waals surface area contributed by atoms with E-state index in [0.717, 1.165) is 12.1 Å². The lowest BCUT2D eigenvalue weighted by Crippen LogP contribution is -2.30. The summed E-state index contributed by atoms with van der Waals surface area (Å²) < 4.78 is 0. The molecule has 0 saturated heterocycles. The van der Waals surface area contributed by atoms with Crippen molar-refractivity contribution < 1.29 is 9.59 Å². The summed E-state index contributed by atoms with van der Waals surface area (Å²) in [5, 5.41) is 3.31. The highest BCUT2D eigenvalue weighted by molar-refractivity contribution is 6.21. The van der Waals surface area contributed by atoms with E-state index in [0.29, 0.717) is 17.7 Å². The van der Waals surface area contributed by atoms with E-state index in [-0.39, 0.29) is 17.4 Å². The topological polar surface area (TPSA) is 49.4 Å². The Morgan fingerprint density at radius 1 is 1.11 bits per heavy atom. The number of imide groups is 1. The van der Waals surface area contributed by atoms with Gasteiger partial charge in [-0.3, -0.25) is 14.5 Å². The lowest BCUT2D eigenvalue weighted by atomic mass is 10.1. The van der Waals surface area contributed by atoms with Gasteiger partial charge in [-0.05, 0) is 45.4 Å². The molecular weight excluding hydrogens is 240 g/mol. The van der Waals surface area contributed by atoms with Crippen LogP contribution in [-0.2, 0) is 0 Å². The summed E-state index contributed by atoms with van der Waals surface area (Å²) in [5.41, 5.74) is 1.81. The van der Waals surface area contributed by atoms with Crippen molar-refractivity contribution in [3.05, 3.63) is 29.3 Å². The van der Waals surface area contributed by atoms with Crippen LogP contribution in [0.2, 0.25) is 0 Å². The molecule has 1 aromatic carbocycles. The van der Waals surface area contributed by atoms with Crippen LogP contribution in [0.15, 0.2) is 18.2 Å². The number of anilines is 1. The van der Waals surface area contributed by atoms with Crippen molar-refractivity contribution in [1.82, 2.24) is 4.90 Å². The molecule has 19 heavy (non-hydrogen) atoms. The first kappa shape index (κ1) is 13.6. The summed E-state index contributed by atoms with van der Waals surface area (Å²) in [7, 11) is 0. The minimum atomic E-state index is -0.181. The number of carbonyl (C=O) groups is 2. The minimum Gasteiger partial charge on any atom is -0.380 e. The lowest BCUT2D eigenvalue weighted by Gasteiger charge is -2.22. The molecule has 102 valence electrons. The molecule has 0 fully saturated rings. The third-order valence-corrected chi connectivity index (χ3v) is 2.94. The van der Waals surface area contributed by atoms with Crippen molar-refractivity contribution in [2.45, 2.75) is 39.7 Å². The number of rotatable bonds is 3. The van der Waals surface area contributed by atoms with Crippen molar-refractivity contribution in [1.29, 1.82) is 0 Å². The third kappa shape index (κ3) is 2.62. The molecule has 0 spiro atoms. The van der Waals surface area contributed by atoms with E-state index in [1.54, 1.807) is 12.1 Å². The van der Waals surface area contributed by atoms with Crippen LogP contribution < -0.4 is 5.32 Å². The molecule has 0 radical (unpaired) electrons. The highest BCUT2D eigenvalue weighted by atomic mass is 16.2. The largest absolute Gasteiger partial charge is 0.380 e. The molecule has 2 rings (SSSR count). The normalized spacial score (nSPS) is 14.8. The maximum absolute atomic E-state index is 12.2. The van der Waals surface area contributed by atoms with Gasteiger partial charge in [-0.25, -0.2) is 0 Å². The first-order valence-electron chi connectivity index (χ1n) is 6.62. The van der Waals surface area contributed by atoms with Crippen molar-refractivity contribution >= 4 is 17.5 Å². The number of hydrogen-bond donors (Lipinski definition) is 1. The second-order valence-corrected chi connectivity index (χ2v) is 5.90. The highest BCUT2D eigenvalue weighted by Gasteiger charge is 2.35. The van der Waals surface area contributed by atoms with Gasteiger partial charge >= 0.3 is 0 Å². The molecule has 0 atom stereocenters. The molecule has 0 aliphatic carbocycles. The van der Waals surface area contributed by atoms with E-state index >= 15 is 0 Å². The Labute approximate surface area is 113 Å². The molecule has 4 heteroatoms. The van der Waals surface area contributed by atoms with E-state index in [1.807, 2.05) is 13.0 Å². The number of benzene rings is 1. The van der Waals surface area contributed by atoms with E-state index in [1.165, 1.54) is 4.90 Å². The van der Waals surface area contributed by atoms with Crippen LogP contribution >= 0.6 is 0 Å². The summed E-state index contributed by atoms with van der Waals surface area (Å²) in [5.74, 6) is -0.358. The molecule has 2 amide bonds. The van der Waals surface area contributed by atoms with Gasteiger partial charge in [0.15, 0.2) is 0 Å².